The molecule has 1 aliphatic rings. The Morgan fingerprint density at radius 3 is 2.61 bits per heavy atom. The van der Waals surface area contributed by atoms with Gasteiger partial charge >= 0.3 is 0 Å². The topological polar surface area (TPSA) is 15.3 Å². The molecule has 1 N–H and O–H groups in total. The Bertz CT molecular complexity index is 384. The van der Waals surface area contributed by atoms with Gasteiger partial charge < -0.3 is 10.2 Å². The molecular formula is C16H26N2. The fraction of sp³-hybridized carbons (Fsp3) is 0.625. The van der Waals surface area contributed by atoms with Crippen molar-refractivity contribution < 1.29 is 0 Å². The van der Waals surface area contributed by atoms with Crippen LogP contribution in [0.15, 0.2) is 24.3 Å². The van der Waals surface area contributed by atoms with Crippen molar-refractivity contribution in [3.05, 3.63) is 29.8 Å². The maximum Gasteiger partial charge on any atom is 0.0412 e. The van der Waals surface area contributed by atoms with Crippen molar-refractivity contribution in [2.75, 3.05) is 18.0 Å². The summed E-state index contributed by atoms with van der Waals surface area (Å²) in [4.78, 5) is 2.56. The van der Waals surface area contributed by atoms with Gasteiger partial charge in [0, 0.05) is 31.4 Å². The monoisotopic (exact) mass is 246 g/mol. The SMILES string of the molecule is CC(C)CN1CC(C(C)C)NCc2ccccc21. The van der Waals surface area contributed by atoms with Crippen LogP contribution in [0.25, 0.3) is 0 Å². The highest BCUT2D eigenvalue weighted by molar-refractivity contribution is 5.54. The third-order valence-electron chi connectivity index (χ3n) is 3.69. The van der Waals surface area contributed by atoms with Gasteiger partial charge in [-0.25, -0.2) is 0 Å². The van der Waals surface area contributed by atoms with E-state index in [1.54, 1.807) is 0 Å². The van der Waals surface area contributed by atoms with Crippen LogP contribution in [0.5, 0.6) is 0 Å². The number of fused-ring (bicyclic) bond motifs is 1. The lowest BCUT2D eigenvalue weighted by molar-refractivity contribution is 0.399. The van der Waals surface area contributed by atoms with E-state index in [1.807, 2.05) is 0 Å². The standard InChI is InChI=1S/C16H26N2/c1-12(2)10-18-11-15(13(3)4)17-9-14-7-5-6-8-16(14)18/h5-8,12-13,15,17H,9-11H2,1-4H3. The Kier molecular flexibility index (Phi) is 4.28. The molecule has 0 saturated carbocycles. The van der Waals surface area contributed by atoms with E-state index in [-0.39, 0.29) is 0 Å². The average Bonchev–Trinajstić information content (AvgIpc) is 2.49. The lowest BCUT2D eigenvalue weighted by Crippen LogP contribution is -2.42. The molecular weight excluding hydrogens is 220 g/mol. The second-order valence-corrected chi connectivity index (χ2v) is 6.16. The molecule has 0 saturated heterocycles. The van der Waals surface area contributed by atoms with Gasteiger partial charge in [0.1, 0.15) is 0 Å². The van der Waals surface area contributed by atoms with Crippen molar-refractivity contribution >= 4 is 5.69 Å². The number of para-hydroxylation sites is 1. The summed E-state index contributed by atoms with van der Waals surface area (Å²) in [7, 11) is 0. The Morgan fingerprint density at radius 1 is 1.22 bits per heavy atom. The molecule has 0 radical (unpaired) electrons. The fourth-order valence-electron chi connectivity index (χ4n) is 2.67. The molecule has 2 nitrogen and oxygen atoms in total. The molecule has 18 heavy (non-hydrogen) atoms. The highest BCUT2D eigenvalue weighted by Gasteiger charge is 2.23. The normalized spacial score (nSPS) is 20.1. The molecule has 0 aliphatic carbocycles. The van der Waals surface area contributed by atoms with Gasteiger partial charge in [0.15, 0.2) is 0 Å². The molecule has 0 spiro atoms. The van der Waals surface area contributed by atoms with Crippen LogP contribution in [0.4, 0.5) is 5.69 Å². The molecule has 1 unspecified atom stereocenters. The van der Waals surface area contributed by atoms with Crippen LogP contribution in [-0.4, -0.2) is 19.1 Å². The smallest absolute Gasteiger partial charge is 0.0412 e. The molecule has 100 valence electrons. The maximum atomic E-state index is 3.70. The van der Waals surface area contributed by atoms with Gasteiger partial charge in [-0.15, -0.1) is 0 Å². The van der Waals surface area contributed by atoms with Gasteiger partial charge in [-0.2, -0.15) is 0 Å². The Hall–Kier alpha value is -1.02. The van der Waals surface area contributed by atoms with Crippen LogP contribution in [0, 0.1) is 11.8 Å². The summed E-state index contributed by atoms with van der Waals surface area (Å²) >= 11 is 0. The highest BCUT2D eigenvalue weighted by atomic mass is 15.2. The molecule has 1 aliphatic heterocycles. The van der Waals surface area contributed by atoms with Crippen LogP contribution >= 0.6 is 0 Å². The number of hydrogen-bond acceptors (Lipinski definition) is 2. The van der Waals surface area contributed by atoms with E-state index < -0.39 is 0 Å². The minimum absolute atomic E-state index is 0.580. The van der Waals surface area contributed by atoms with Crippen molar-refractivity contribution in [2.45, 2.75) is 40.3 Å². The molecule has 1 aromatic rings. The van der Waals surface area contributed by atoms with E-state index >= 15 is 0 Å². The first-order valence-electron chi connectivity index (χ1n) is 7.14. The quantitative estimate of drug-likeness (QED) is 0.880. The number of nitrogens with one attached hydrogen (secondary N) is 1. The number of benzene rings is 1. The van der Waals surface area contributed by atoms with Crippen LogP contribution < -0.4 is 10.2 Å². The summed E-state index contributed by atoms with van der Waals surface area (Å²) in [5.41, 5.74) is 2.85. The van der Waals surface area contributed by atoms with Gasteiger partial charge in [-0.05, 0) is 23.5 Å². The zero-order valence-electron chi connectivity index (χ0n) is 12.1. The first kappa shape index (κ1) is 13.4. The van der Waals surface area contributed by atoms with Crippen LogP contribution in [0.3, 0.4) is 0 Å². The third-order valence-corrected chi connectivity index (χ3v) is 3.69. The molecule has 0 aromatic heterocycles. The van der Waals surface area contributed by atoms with E-state index in [0.717, 1.165) is 19.6 Å². The van der Waals surface area contributed by atoms with Gasteiger partial charge in [-0.1, -0.05) is 45.9 Å². The summed E-state index contributed by atoms with van der Waals surface area (Å²) in [5, 5.41) is 3.70. The summed E-state index contributed by atoms with van der Waals surface area (Å²) in [6.45, 7) is 12.5. The second-order valence-electron chi connectivity index (χ2n) is 6.16. The fourth-order valence-corrected chi connectivity index (χ4v) is 2.67. The lowest BCUT2D eigenvalue weighted by atomic mass is 10.0. The van der Waals surface area contributed by atoms with Crippen molar-refractivity contribution in [1.82, 2.24) is 5.32 Å². The number of rotatable bonds is 3. The highest BCUT2D eigenvalue weighted by Crippen LogP contribution is 2.25. The first-order valence-corrected chi connectivity index (χ1v) is 7.14. The van der Waals surface area contributed by atoms with E-state index in [1.165, 1.54) is 11.3 Å². The average molecular weight is 246 g/mol. The molecule has 1 heterocycles. The molecule has 1 atom stereocenters. The van der Waals surface area contributed by atoms with Gasteiger partial charge in [0.2, 0.25) is 0 Å². The van der Waals surface area contributed by atoms with E-state index in [9.17, 15) is 0 Å². The first-order chi connectivity index (χ1) is 8.58. The molecule has 0 fully saturated rings. The van der Waals surface area contributed by atoms with Crippen molar-refractivity contribution in [1.29, 1.82) is 0 Å². The van der Waals surface area contributed by atoms with Crippen LogP contribution in [0.1, 0.15) is 33.3 Å². The summed E-state index contributed by atoms with van der Waals surface area (Å²) < 4.78 is 0. The largest absolute Gasteiger partial charge is 0.369 e. The Morgan fingerprint density at radius 2 is 1.94 bits per heavy atom. The van der Waals surface area contributed by atoms with E-state index in [4.69, 9.17) is 0 Å². The van der Waals surface area contributed by atoms with Crippen LogP contribution in [0.2, 0.25) is 0 Å². The molecule has 0 bridgehead atoms. The summed E-state index contributed by atoms with van der Waals surface area (Å²) in [5.74, 6) is 1.37. The number of anilines is 1. The number of nitrogens with zero attached hydrogens (tertiary/aromatic N) is 1. The van der Waals surface area contributed by atoms with Crippen molar-refractivity contribution in [2.24, 2.45) is 11.8 Å². The lowest BCUT2D eigenvalue weighted by Gasteiger charge is -2.30. The van der Waals surface area contributed by atoms with E-state index in [2.05, 4.69) is 62.2 Å². The summed E-state index contributed by atoms with van der Waals surface area (Å²) in [6, 6.07) is 9.39. The Labute approximate surface area is 111 Å². The second kappa shape index (κ2) is 5.75. The molecule has 1 aromatic carbocycles. The predicted molar refractivity (Wildman–Crippen MR) is 79.0 cm³/mol. The third kappa shape index (κ3) is 3.05. The maximum absolute atomic E-state index is 3.70. The number of hydrogen-bond donors (Lipinski definition) is 1. The molecule has 2 heteroatoms. The van der Waals surface area contributed by atoms with Crippen molar-refractivity contribution in [3.8, 4) is 0 Å². The van der Waals surface area contributed by atoms with Gasteiger partial charge in [0.25, 0.3) is 0 Å². The molecule has 2 rings (SSSR count). The van der Waals surface area contributed by atoms with Crippen molar-refractivity contribution in [3.63, 3.8) is 0 Å². The zero-order valence-corrected chi connectivity index (χ0v) is 12.1. The minimum atomic E-state index is 0.580. The Balaban J connectivity index is 2.26. The molecule has 0 amide bonds. The summed E-state index contributed by atoms with van der Waals surface area (Å²) in [6.07, 6.45) is 0. The van der Waals surface area contributed by atoms with Gasteiger partial charge in [0.05, 0.1) is 0 Å². The predicted octanol–water partition coefficient (Wildman–Crippen LogP) is 3.28. The zero-order chi connectivity index (χ0) is 13.1. The van der Waals surface area contributed by atoms with Crippen LogP contribution in [-0.2, 0) is 6.54 Å². The minimum Gasteiger partial charge on any atom is -0.369 e. The van der Waals surface area contributed by atoms with E-state index in [0.29, 0.717) is 17.9 Å². The van der Waals surface area contributed by atoms with Gasteiger partial charge in [-0.3, -0.25) is 0 Å².